The van der Waals surface area contributed by atoms with E-state index >= 15 is 0 Å². The van der Waals surface area contributed by atoms with E-state index in [0.717, 1.165) is 4.47 Å². The van der Waals surface area contributed by atoms with Gasteiger partial charge in [0.1, 0.15) is 16.9 Å². The minimum Gasteiger partial charge on any atom is -0.462 e. The molecule has 0 atom stereocenters. The maximum absolute atomic E-state index is 12.7. The Morgan fingerprint density at radius 3 is 2.48 bits per heavy atom. The van der Waals surface area contributed by atoms with Crippen molar-refractivity contribution in [1.82, 2.24) is 0 Å². The van der Waals surface area contributed by atoms with Gasteiger partial charge in [0.05, 0.1) is 17.2 Å². The van der Waals surface area contributed by atoms with Gasteiger partial charge >= 0.3 is 5.97 Å². The molecule has 142 valence electrons. The second-order valence-electron chi connectivity index (χ2n) is 5.98. The third-order valence-corrected chi connectivity index (χ3v) is 5.97. The molecule has 1 aromatic heterocycles. The van der Waals surface area contributed by atoms with E-state index in [2.05, 4.69) is 20.7 Å². The highest BCUT2D eigenvalue weighted by Crippen LogP contribution is 2.32. The first-order valence-corrected chi connectivity index (χ1v) is 10.5. The first-order chi connectivity index (χ1) is 12.7. The van der Waals surface area contributed by atoms with Crippen LogP contribution in [0.4, 0.5) is 5.69 Å². The lowest BCUT2D eigenvalue weighted by Crippen LogP contribution is -2.13. The van der Waals surface area contributed by atoms with Gasteiger partial charge in [-0.15, -0.1) is 0 Å². The minimum absolute atomic E-state index is 0.138. The highest BCUT2D eigenvalue weighted by atomic mass is 79.9. The van der Waals surface area contributed by atoms with E-state index in [1.165, 1.54) is 12.1 Å². The molecule has 0 aliphatic carbocycles. The van der Waals surface area contributed by atoms with Gasteiger partial charge in [-0.05, 0) is 62.7 Å². The molecule has 27 heavy (non-hydrogen) atoms. The van der Waals surface area contributed by atoms with E-state index in [1.807, 2.05) is 0 Å². The Morgan fingerprint density at radius 1 is 1.19 bits per heavy atom. The fraction of sp³-hybridized carbons (Fsp3) is 0.211. The van der Waals surface area contributed by atoms with Crippen molar-refractivity contribution in [3.8, 4) is 0 Å². The van der Waals surface area contributed by atoms with Gasteiger partial charge < -0.3 is 9.15 Å². The number of carbonyl (C=O) groups excluding carboxylic acids is 1. The molecule has 1 N–H and O–H groups in total. The van der Waals surface area contributed by atoms with Crippen LogP contribution in [0.5, 0.6) is 0 Å². The molecule has 2 aromatic carbocycles. The normalized spacial score (nSPS) is 11.6. The Bertz CT molecular complexity index is 1120. The number of sulfonamides is 1. The lowest BCUT2D eigenvalue weighted by Gasteiger charge is -2.11. The number of hydrogen-bond donors (Lipinski definition) is 1. The molecule has 3 aromatic rings. The van der Waals surface area contributed by atoms with Gasteiger partial charge in [0.15, 0.2) is 0 Å². The van der Waals surface area contributed by atoms with Gasteiger partial charge in [0.2, 0.25) is 0 Å². The first kappa shape index (κ1) is 19.4. The predicted molar refractivity (Wildman–Crippen MR) is 107 cm³/mol. The molecule has 0 saturated carbocycles. The molecule has 6 nitrogen and oxygen atoms in total. The molecule has 1 heterocycles. The second kappa shape index (κ2) is 7.36. The highest BCUT2D eigenvalue weighted by Gasteiger charge is 2.22. The predicted octanol–water partition coefficient (Wildman–Crippen LogP) is 4.79. The SMILES string of the molecule is CCOC(=O)c1c(C)oc2cc(C)c(NS(=O)(=O)c3ccc(Br)cc3)cc12. The van der Waals surface area contributed by atoms with Gasteiger partial charge in [-0.25, -0.2) is 13.2 Å². The van der Waals surface area contributed by atoms with Crippen molar-refractivity contribution in [2.45, 2.75) is 25.7 Å². The standard InChI is InChI=1S/C19H18BrNO5S/c1-4-25-19(22)18-12(3)26-17-9-11(2)16(10-15(17)18)21-27(23,24)14-7-5-13(20)6-8-14/h5-10,21H,4H2,1-3H3. The fourth-order valence-corrected chi connectivity index (χ4v) is 4.14. The van der Waals surface area contributed by atoms with Crippen LogP contribution >= 0.6 is 15.9 Å². The summed E-state index contributed by atoms with van der Waals surface area (Å²) in [6, 6.07) is 9.62. The van der Waals surface area contributed by atoms with Crippen LogP contribution in [-0.4, -0.2) is 21.0 Å². The van der Waals surface area contributed by atoms with Crippen LogP contribution in [0.1, 0.15) is 28.6 Å². The zero-order chi connectivity index (χ0) is 19.8. The maximum Gasteiger partial charge on any atom is 0.342 e. The number of benzene rings is 2. The average molecular weight is 452 g/mol. The molecule has 0 amide bonds. The van der Waals surface area contributed by atoms with E-state index in [1.54, 1.807) is 45.0 Å². The van der Waals surface area contributed by atoms with Gasteiger partial charge in [-0.3, -0.25) is 4.72 Å². The third-order valence-electron chi connectivity index (χ3n) is 4.06. The summed E-state index contributed by atoms with van der Waals surface area (Å²) in [5.74, 6) is -0.0740. The number of aryl methyl sites for hydroxylation is 2. The summed E-state index contributed by atoms with van der Waals surface area (Å²) in [5.41, 5.74) is 1.85. The van der Waals surface area contributed by atoms with E-state index in [9.17, 15) is 13.2 Å². The summed E-state index contributed by atoms with van der Waals surface area (Å²) in [4.78, 5) is 12.4. The van der Waals surface area contributed by atoms with E-state index in [0.29, 0.717) is 33.5 Å². The van der Waals surface area contributed by atoms with Crippen LogP contribution in [0.25, 0.3) is 11.0 Å². The van der Waals surface area contributed by atoms with Crippen LogP contribution in [0.15, 0.2) is 50.2 Å². The molecule has 0 aliphatic heterocycles. The topological polar surface area (TPSA) is 85.6 Å². The highest BCUT2D eigenvalue weighted by molar-refractivity contribution is 9.10. The van der Waals surface area contributed by atoms with Crippen molar-refractivity contribution in [2.24, 2.45) is 0 Å². The number of anilines is 1. The molecule has 0 unspecified atom stereocenters. The number of carbonyl (C=O) groups is 1. The Morgan fingerprint density at radius 2 is 1.85 bits per heavy atom. The fourth-order valence-electron chi connectivity index (χ4n) is 2.75. The number of hydrogen-bond acceptors (Lipinski definition) is 5. The summed E-state index contributed by atoms with van der Waals surface area (Å²) in [6.07, 6.45) is 0. The summed E-state index contributed by atoms with van der Waals surface area (Å²) in [7, 11) is -3.78. The largest absolute Gasteiger partial charge is 0.462 e. The van der Waals surface area contributed by atoms with Crippen LogP contribution in [0.3, 0.4) is 0 Å². The van der Waals surface area contributed by atoms with Crippen molar-refractivity contribution >= 4 is 48.6 Å². The van der Waals surface area contributed by atoms with Gasteiger partial charge in [-0.1, -0.05) is 15.9 Å². The number of nitrogens with one attached hydrogen (secondary N) is 1. The summed E-state index contributed by atoms with van der Waals surface area (Å²) in [5, 5.41) is 0.505. The zero-order valence-corrected chi connectivity index (χ0v) is 17.4. The lowest BCUT2D eigenvalue weighted by atomic mass is 10.1. The summed E-state index contributed by atoms with van der Waals surface area (Å²) < 4.78 is 39.5. The van der Waals surface area contributed by atoms with Gasteiger partial charge in [-0.2, -0.15) is 0 Å². The van der Waals surface area contributed by atoms with Crippen LogP contribution < -0.4 is 4.72 Å². The molecular formula is C19H18BrNO5S. The van der Waals surface area contributed by atoms with Crippen LogP contribution in [0, 0.1) is 13.8 Å². The zero-order valence-electron chi connectivity index (χ0n) is 15.0. The van der Waals surface area contributed by atoms with Gasteiger partial charge in [0.25, 0.3) is 10.0 Å². The number of ether oxygens (including phenoxy) is 1. The van der Waals surface area contributed by atoms with E-state index in [-0.39, 0.29) is 11.5 Å². The Kier molecular flexibility index (Phi) is 5.30. The van der Waals surface area contributed by atoms with Crippen LogP contribution in [0.2, 0.25) is 0 Å². The molecule has 0 radical (unpaired) electrons. The Hall–Kier alpha value is -2.32. The smallest absolute Gasteiger partial charge is 0.342 e. The number of fused-ring (bicyclic) bond motifs is 1. The summed E-state index contributed by atoms with van der Waals surface area (Å²) in [6.45, 7) is 5.39. The number of esters is 1. The monoisotopic (exact) mass is 451 g/mol. The number of furan rings is 1. The molecular weight excluding hydrogens is 434 g/mol. The Balaban J connectivity index is 2.06. The minimum atomic E-state index is -3.78. The van der Waals surface area contributed by atoms with Crippen molar-refractivity contribution in [2.75, 3.05) is 11.3 Å². The molecule has 3 rings (SSSR count). The van der Waals surface area contributed by atoms with E-state index in [4.69, 9.17) is 9.15 Å². The first-order valence-electron chi connectivity index (χ1n) is 8.22. The third kappa shape index (κ3) is 3.86. The molecule has 0 bridgehead atoms. The van der Waals surface area contributed by atoms with Crippen molar-refractivity contribution in [3.05, 3.63) is 57.8 Å². The van der Waals surface area contributed by atoms with Crippen molar-refractivity contribution in [3.63, 3.8) is 0 Å². The number of rotatable bonds is 5. The molecule has 8 heteroatoms. The van der Waals surface area contributed by atoms with Crippen LogP contribution in [-0.2, 0) is 14.8 Å². The maximum atomic E-state index is 12.7. The molecule has 0 saturated heterocycles. The molecule has 0 aliphatic rings. The second-order valence-corrected chi connectivity index (χ2v) is 8.57. The molecule has 0 fully saturated rings. The van der Waals surface area contributed by atoms with E-state index < -0.39 is 16.0 Å². The molecule has 0 spiro atoms. The lowest BCUT2D eigenvalue weighted by molar-refractivity contribution is 0.0526. The van der Waals surface area contributed by atoms with Crippen molar-refractivity contribution in [1.29, 1.82) is 0 Å². The van der Waals surface area contributed by atoms with Gasteiger partial charge in [0, 0.05) is 9.86 Å². The average Bonchev–Trinajstić information content (AvgIpc) is 2.90. The Labute approximate surface area is 165 Å². The quantitative estimate of drug-likeness (QED) is 0.563. The van der Waals surface area contributed by atoms with Crippen molar-refractivity contribution < 1.29 is 22.4 Å². The summed E-state index contributed by atoms with van der Waals surface area (Å²) >= 11 is 3.28. The number of halogens is 1.